The Kier molecular flexibility index (Phi) is 6.24. The molecule has 29 heavy (non-hydrogen) atoms. The van der Waals surface area contributed by atoms with Crippen molar-refractivity contribution in [2.75, 3.05) is 6.61 Å². The molecule has 2 N–H and O–H groups in total. The van der Waals surface area contributed by atoms with Crippen molar-refractivity contribution in [3.8, 4) is 16.9 Å². The number of para-hydroxylation sites is 1. The Morgan fingerprint density at radius 3 is 2.34 bits per heavy atom. The minimum atomic E-state index is -0.525. The van der Waals surface area contributed by atoms with Gasteiger partial charge in [0.2, 0.25) is 0 Å². The third-order valence-electron chi connectivity index (χ3n) is 4.82. The molecule has 1 amide bonds. The summed E-state index contributed by atoms with van der Waals surface area (Å²) in [6.07, 6.45) is 0. The van der Waals surface area contributed by atoms with Gasteiger partial charge in [-0.25, -0.2) is 0 Å². The van der Waals surface area contributed by atoms with E-state index in [0.717, 1.165) is 11.1 Å². The van der Waals surface area contributed by atoms with Gasteiger partial charge in [-0.05, 0) is 31.0 Å². The Labute approximate surface area is 169 Å². The van der Waals surface area contributed by atoms with Gasteiger partial charge >= 0.3 is 0 Å². The topological polar surface area (TPSA) is 84.2 Å². The second kappa shape index (κ2) is 8.84. The van der Waals surface area contributed by atoms with Gasteiger partial charge < -0.3 is 10.4 Å². The Bertz CT molecular complexity index is 1040. The fraction of sp³-hybridized carbons (Fsp3) is 0.261. The molecular weight excluding hydrogens is 366 g/mol. The first kappa shape index (κ1) is 20.5. The first-order valence-corrected chi connectivity index (χ1v) is 9.59. The predicted molar refractivity (Wildman–Crippen MR) is 113 cm³/mol. The van der Waals surface area contributed by atoms with Gasteiger partial charge in [-0.15, -0.1) is 0 Å². The lowest BCUT2D eigenvalue weighted by atomic mass is 10.0. The van der Waals surface area contributed by atoms with Gasteiger partial charge in [-0.3, -0.25) is 9.59 Å². The number of aliphatic hydroxyl groups excluding tert-OH is 1. The number of aromatic nitrogens is 2. The van der Waals surface area contributed by atoms with Gasteiger partial charge in [0.05, 0.1) is 24.0 Å². The average molecular weight is 391 g/mol. The summed E-state index contributed by atoms with van der Waals surface area (Å²) >= 11 is 0. The third kappa shape index (κ3) is 4.60. The Hall–Kier alpha value is -3.25. The van der Waals surface area contributed by atoms with Crippen LogP contribution in [0.25, 0.3) is 16.9 Å². The van der Waals surface area contributed by atoms with Crippen molar-refractivity contribution in [3.63, 3.8) is 0 Å². The highest BCUT2D eigenvalue weighted by Crippen LogP contribution is 2.18. The van der Waals surface area contributed by atoms with Crippen molar-refractivity contribution in [2.24, 2.45) is 5.92 Å². The molecule has 1 aromatic heterocycles. The summed E-state index contributed by atoms with van der Waals surface area (Å²) in [5.41, 5.74) is 2.47. The maximum absolute atomic E-state index is 13.1. The van der Waals surface area contributed by atoms with Crippen LogP contribution in [0.2, 0.25) is 0 Å². The fourth-order valence-corrected chi connectivity index (χ4v) is 2.94. The van der Waals surface area contributed by atoms with E-state index in [1.807, 2.05) is 63.2 Å². The van der Waals surface area contributed by atoms with Crippen LogP contribution in [0.15, 0.2) is 65.5 Å². The maximum atomic E-state index is 13.1. The summed E-state index contributed by atoms with van der Waals surface area (Å²) in [6, 6.07) is 17.8. The van der Waals surface area contributed by atoms with Gasteiger partial charge in [0.1, 0.15) is 5.56 Å². The molecule has 0 bridgehead atoms. The Balaban J connectivity index is 2.14. The fourth-order valence-electron chi connectivity index (χ4n) is 2.94. The van der Waals surface area contributed by atoms with Crippen LogP contribution >= 0.6 is 0 Å². The maximum Gasteiger partial charge on any atom is 0.284 e. The summed E-state index contributed by atoms with van der Waals surface area (Å²) in [5.74, 6) is -0.498. The standard InChI is InChI=1S/C23H25N3O3/c1-15(2)21(14-27)24-22(28)19-13-20(17-11-9-16(3)10-12-17)25-26(23(19)29)18-7-5-4-6-8-18/h4-13,15,21,27H,14H2,1-3H3,(H,24,28)/t21-/m1/s1. The lowest BCUT2D eigenvalue weighted by molar-refractivity contribution is 0.0894. The number of hydrogen-bond donors (Lipinski definition) is 2. The number of aliphatic hydroxyl groups is 1. The van der Waals surface area contributed by atoms with Crippen molar-refractivity contribution in [1.82, 2.24) is 15.1 Å². The highest BCUT2D eigenvalue weighted by molar-refractivity contribution is 5.95. The molecule has 0 aliphatic carbocycles. The van der Waals surface area contributed by atoms with Crippen LogP contribution in [-0.2, 0) is 0 Å². The van der Waals surface area contributed by atoms with Crippen LogP contribution in [0.1, 0.15) is 29.8 Å². The van der Waals surface area contributed by atoms with Crippen molar-refractivity contribution in [2.45, 2.75) is 26.8 Å². The molecule has 1 heterocycles. The smallest absolute Gasteiger partial charge is 0.284 e. The van der Waals surface area contributed by atoms with E-state index in [4.69, 9.17) is 0 Å². The highest BCUT2D eigenvalue weighted by Gasteiger charge is 2.21. The van der Waals surface area contributed by atoms with E-state index in [2.05, 4.69) is 10.4 Å². The van der Waals surface area contributed by atoms with Crippen molar-refractivity contribution in [3.05, 3.63) is 82.1 Å². The SMILES string of the molecule is Cc1ccc(-c2cc(C(=O)N[C@H](CO)C(C)C)c(=O)n(-c3ccccc3)n2)cc1. The molecule has 0 fully saturated rings. The summed E-state index contributed by atoms with van der Waals surface area (Å²) in [4.78, 5) is 26.0. The van der Waals surface area contributed by atoms with E-state index in [-0.39, 0.29) is 18.1 Å². The van der Waals surface area contributed by atoms with E-state index in [1.54, 1.807) is 12.1 Å². The molecular formula is C23H25N3O3. The number of benzene rings is 2. The summed E-state index contributed by atoms with van der Waals surface area (Å²) in [6.45, 7) is 5.58. The molecule has 0 aliphatic heterocycles. The first-order chi connectivity index (χ1) is 13.9. The van der Waals surface area contributed by atoms with Crippen LogP contribution in [0.3, 0.4) is 0 Å². The quantitative estimate of drug-likeness (QED) is 0.677. The van der Waals surface area contributed by atoms with Crippen LogP contribution < -0.4 is 10.9 Å². The second-order valence-corrected chi connectivity index (χ2v) is 7.37. The number of carbonyl (C=O) groups excluding carboxylic acids is 1. The van der Waals surface area contributed by atoms with Crippen molar-refractivity contribution >= 4 is 5.91 Å². The minimum Gasteiger partial charge on any atom is -0.394 e. The molecule has 0 radical (unpaired) electrons. The molecule has 0 saturated carbocycles. The Morgan fingerprint density at radius 2 is 1.76 bits per heavy atom. The lowest BCUT2D eigenvalue weighted by Crippen LogP contribution is -2.43. The number of rotatable bonds is 6. The predicted octanol–water partition coefficient (Wildman–Crippen LogP) is 2.95. The molecule has 3 rings (SSSR count). The van der Waals surface area contributed by atoms with E-state index in [1.165, 1.54) is 10.7 Å². The van der Waals surface area contributed by atoms with Crippen molar-refractivity contribution in [1.29, 1.82) is 0 Å². The summed E-state index contributed by atoms with van der Waals surface area (Å²) in [7, 11) is 0. The van der Waals surface area contributed by atoms with Crippen LogP contribution in [0.5, 0.6) is 0 Å². The molecule has 0 saturated heterocycles. The molecule has 3 aromatic rings. The minimum absolute atomic E-state index is 0.0153. The lowest BCUT2D eigenvalue weighted by Gasteiger charge is -2.20. The molecule has 0 spiro atoms. The number of amides is 1. The van der Waals surface area contributed by atoms with Gasteiger partial charge in [0.25, 0.3) is 11.5 Å². The summed E-state index contributed by atoms with van der Waals surface area (Å²) < 4.78 is 1.24. The van der Waals surface area contributed by atoms with Crippen molar-refractivity contribution < 1.29 is 9.90 Å². The molecule has 0 unspecified atom stereocenters. The summed E-state index contributed by atoms with van der Waals surface area (Å²) in [5, 5.41) is 16.8. The number of carbonyl (C=O) groups is 1. The van der Waals surface area contributed by atoms with Gasteiger partial charge in [0.15, 0.2) is 0 Å². The monoisotopic (exact) mass is 391 g/mol. The van der Waals surface area contributed by atoms with Gasteiger partial charge in [-0.2, -0.15) is 9.78 Å². The van der Waals surface area contributed by atoms with E-state index < -0.39 is 17.5 Å². The number of nitrogens with zero attached hydrogens (tertiary/aromatic N) is 2. The number of hydrogen-bond acceptors (Lipinski definition) is 4. The Morgan fingerprint density at radius 1 is 1.10 bits per heavy atom. The molecule has 2 aromatic carbocycles. The molecule has 150 valence electrons. The molecule has 0 aliphatic rings. The van der Waals surface area contributed by atoms with Crippen LogP contribution in [0, 0.1) is 12.8 Å². The highest BCUT2D eigenvalue weighted by atomic mass is 16.3. The third-order valence-corrected chi connectivity index (χ3v) is 4.82. The average Bonchev–Trinajstić information content (AvgIpc) is 2.73. The van der Waals surface area contributed by atoms with Crippen LogP contribution in [-0.4, -0.2) is 33.4 Å². The molecule has 1 atom stereocenters. The molecule has 6 heteroatoms. The number of aryl methyl sites for hydroxylation is 1. The second-order valence-electron chi connectivity index (χ2n) is 7.37. The van der Waals surface area contributed by atoms with E-state index in [0.29, 0.717) is 11.4 Å². The normalized spacial score (nSPS) is 12.0. The van der Waals surface area contributed by atoms with Gasteiger partial charge in [-0.1, -0.05) is 61.9 Å². The van der Waals surface area contributed by atoms with Crippen LogP contribution in [0.4, 0.5) is 0 Å². The first-order valence-electron chi connectivity index (χ1n) is 9.59. The molecule has 6 nitrogen and oxygen atoms in total. The van der Waals surface area contributed by atoms with Gasteiger partial charge in [0, 0.05) is 5.56 Å². The number of nitrogens with one attached hydrogen (secondary N) is 1. The van der Waals surface area contributed by atoms with E-state index in [9.17, 15) is 14.7 Å². The largest absolute Gasteiger partial charge is 0.394 e. The van der Waals surface area contributed by atoms with E-state index >= 15 is 0 Å². The zero-order chi connectivity index (χ0) is 21.0. The zero-order valence-corrected chi connectivity index (χ0v) is 16.8. The zero-order valence-electron chi connectivity index (χ0n) is 16.8.